The van der Waals surface area contributed by atoms with Crippen LogP contribution in [0.3, 0.4) is 0 Å². The van der Waals surface area contributed by atoms with Crippen molar-refractivity contribution in [1.82, 2.24) is 0 Å². The van der Waals surface area contributed by atoms with Crippen molar-refractivity contribution in [2.75, 3.05) is 0 Å². The molecule has 0 amide bonds. The van der Waals surface area contributed by atoms with Gasteiger partial charge in [-0.15, -0.1) is 0 Å². The van der Waals surface area contributed by atoms with Crippen LogP contribution in [0.2, 0.25) is 0 Å². The Morgan fingerprint density at radius 3 is 2.40 bits per heavy atom. The fraction of sp³-hybridized carbons (Fsp3) is 0.111. The molecule has 0 fully saturated rings. The van der Waals surface area contributed by atoms with Gasteiger partial charge in [-0.25, -0.2) is 9.18 Å². The lowest BCUT2D eigenvalue weighted by Gasteiger charge is -2.06. The highest BCUT2D eigenvalue weighted by molar-refractivity contribution is 5.92. The van der Waals surface area contributed by atoms with E-state index in [9.17, 15) is 18.4 Å². The van der Waals surface area contributed by atoms with Crippen molar-refractivity contribution in [2.24, 2.45) is 0 Å². The molecule has 0 aliphatic heterocycles. The van der Waals surface area contributed by atoms with E-state index in [1.807, 2.05) is 0 Å². The van der Waals surface area contributed by atoms with Gasteiger partial charge in [0.1, 0.15) is 5.56 Å². The van der Waals surface area contributed by atoms with Crippen molar-refractivity contribution in [2.45, 2.75) is 6.92 Å². The summed E-state index contributed by atoms with van der Waals surface area (Å²) >= 11 is 0. The number of carbonyl (C=O) groups is 2. The van der Waals surface area contributed by atoms with E-state index in [-0.39, 0.29) is 0 Å². The maximum absolute atomic E-state index is 13.1. The molecule has 1 aromatic carbocycles. The number of carboxylic acid groups (broad SMARTS) is 1. The third-order valence-electron chi connectivity index (χ3n) is 1.53. The van der Waals surface area contributed by atoms with Crippen molar-refractivity contribution in [3.05, 3.63) is 29.3 Å². The quantitative estimate of drug-likeness (QED) is 0.602. The molecule has 0 spiro atoms. The molecule has 1 N–H and O–H groups in total. The van der Waals surface area contributed by atoms with Gasteiger partial charge in [0.2, 0.25) is 5.82 Å². The molecule has 0 saturated heterocycles. The number of esters is 1. The number of ether oxygens (including phenoxy) is 1. The summed E-state index contributed by atoms with van der Waals surface area (Å²) in [6.45, 7) is 0.954. The summed E-state index contributed by atoms with van der Waals surface area (Å²) in [5, 5.41) is 8.61. The number of hydrogen-bond acceptors (Lipinski definition) is 3. The van der Waals surface area contributed by atoms with E-state index >= 15 is 0 Å². The molecule has 0 bridgehead atoms. The van der Waals surface area contributed by atoms with E-state index < -0.39 is 34.9 Å². The van der Waals surface area contributed by atoms with Gasteiger partial charge >= 0.3 is 11.9 Å². The predicted molar refractivity (Wildman–Crippen MR) is 44.6 cm³/mol. The molecule has 6 heteroatoms. The van der Waals surface area contributed by atoms with Crippen molar-refractivity contribution >= 4 is 11.9 Å². The van der Waals surface area contributed by atoms with Crippen molar-refractivity contribution in [3.8, 4) is 5.75 Å². The van der Waals surface area contributed by atoms with Crippen LogP contribution in [0.1, 0.15) is 17.3 Å². The largest absolute Gasteiger partial charge is 0.478 e. The standard InChI is InChI=1S/C9H6F2O4/c1-4(12)15-8-5(9(13)14)2-3-6(10)7(8)11/h2-3H,1H3,(H,13,14). The fourth-order valence-electron chi connectivity index (χ4n) is 0.944. The average Bonchev–Trinajstić information content (AvgIpc) is 2.12. The molecule has 0 unspecified atom stereocenters. The van der Waals surface area contributed by atoms with Crippen LogP contribution < -0.4 is 4.74 Å². The first-order chi connectivity index (χ1) is 6.93. The maximum atomic E-state index is 13.1. The summed E-state index contributed by atoms with van der Waals surface area (Å²) in [7, 11) is 0. The van der Waals surface area contributed by atoms with Crippen LogP contribution in [0.15, 0.2) is 12.1 Å². The van der Waals surface area contributed by atoms with Gasteiger partial charge in [0.05, 0.1) is 0 Å². The normalized spacial score (nSPS) is 9.80. The van der Waals surface area contributed by atoms with E-state index in [1.165, 1.54) is 0 Å². The van der Waals surface area contributed by atoms with E-state index in [2.05, 4.69) is 4.74 Å². The van der Waals surface area contributed by atoms with Crippen LogP contribution in [0.25, 0.3) is 0 Å². The monoisotopic (exact) mass is 216 g/mol. The Bertz CT molecular complexity index is 428. The highest BCUT2D eigenvalue weighted by Gasteiger charge is 2.20. The molecule has 0 heterocycles. The molecule has 80 valence electrons. The summed E-state index contributed by atoms with van der Waals surface area (Å²) in [5.41, 5.74) is -0.607. The van der Waals surface area contributed by atoms with Crippen LogP contribution in [0.5, 0.6) is 5.75 Å². The Balaban J connectivity index is 3.34. The number of halogens is 2. The zero-order chi connectivity index (χ0) is 11.6. The van der Waals surface area contributed by atoms with Crippen LogP contribution in [-0.2, 0) is 4.79 Å². The summed E-state index contributed by atoms with van der Waals surface area (Å²) in [6.07, 6.45) is 0. The highest BCUT2D eigenvalue weighted by Crippen LogP contribution is 2.25. The molecule has 0 aliphatic rings. The minimum Gasteiger partial charge on any atom is -0.478 e. The van der Waals surface area contributed by atoms with E-state index in [0.717, 1.165) is 13.0 Å². The zero-order valence-electron chi connectivity index (χ0n) is 7.58. The topological polar surface area (TPSA) is 63.6 Å². The van der Waals surface area contributed by atoms with Gasteiger partial charge in [-0.3, -0.25) is 4.79 Å². The fourth-order valence-corrected chi connectivity index (χ4v) is 0.944. The molecule has 0 atom stereocenters. The highest BCUT2D eigenvalue weighted by atomic mass is 19.2. The van der Waals surface area contributed by atoms with Gasteiger partial charge in [0.25, 0.3) is 0 Å². The number of hydrogen-bond donors (Lipinski definition) is 1. The third kappa shape index (κ3) is 2.28. The number of aromatic carboxylic acids is 1. The third-order valence-corrected chi connectivity index (χ3v) is 1.53. The van der Waals surface area contributed by atoms with Gasteiger partial charge in [-0.2, -0.15) is 4.39 Å². The molecule has 15 heavy (non-hydrogen) atoms. The molecule has 0 aliphatic carbocycles. The molecule has 0 aromatic heterocycles. The molecule has 0 radical (unpaired) electrons. The molecule has 4 nitrogen and oxygen atoms in total. The second kappa shape index (κ2) is 4.04. The van der Waals surface area contributed by atoms with Gasteiger partial charge in [-0.1, -0.05) is 0 Å². The molecule has 1 aromatic rings. The summed E-state index contributed by atoms with van der Waals surface area (Å²) < 4.78 is 30.1. The first-order valence-corrected chi connectivity index (χ1v) is 3.83. The summed E-state index contributed by atoms with van der Waals surface area (Å²) in [6, 6.07) is 1.46. The van der Waals surface area contributed by atoms with Crippen LogP contribution in [0, 0.1) is 11.6 Å². The molecule has 0 saturated carbocycles. The van der Waals surface area contributed by atoms with Gasteiger partial charge in [-0.05, 0) is 12.1 Å². The van der Waals surface area contributed by atoms with Gasteiger partial charge < -0.3 is 9.84 Å². The van der Waals surface area contributed by atoms with E-state index in [0.29, 0.717) is 6.07 Å². The van der Waals surface area contributed by atoms with Crippen molar-refractivity contribution in [3.63, 3.8) is 0 Å². The number of benzene rings is 1. The maximum Gasteiger partial charge on any atom is 0.339 e. The lowest BCUT2D eigenvalue weighted by Crippen LogP contribution is -2.10. The molecular weight excluding hydrogens is 210 g/mol. The average molecular weight is 216 g/mol. The van der Waals surface area contributed by atoms with Crippen molar-refractivity contribution in [1.29, 1.82) is 0 Å². The van der Waals surface area contributed by atoms with Crippen LogP contribution >= 0.6 is 0 Å². The Hall–Kier alpha value is -1.98. The van der Waals surface area contributed by atoms with Crippen LogP contribution in [0.4, 0.5) is 8.78 Å². The zero-order valence-corrected chi connectivity index (χ0v) is 7.58. The second-order valence-corrected chi connectivity index (χ2v) is 2.64. The minimum atomic E-state index is -1.51. The predicted octanol–water partition coefficient (Wildman–Crippen LogP) is 1.59. The SMILES string of the molecule is CC(=O)Oc1c(C(=O)O)ccc(F)c1F. The van der Waals surface area contributed by atoms with Crippen LogP contribution in [-0.4, -0.2) is 17.0 Å². The Morgan fingerprint density at radius 2 is 1.93 bits per heavy atom. The minimum absolute atomic E-state index is 0.607. The van der Waals surface area contributed by atoms with Gasteiger partial charge in [0.15, 0.2) is 11.6 Å². The first-order valence-electron chi connectivity index (χ1n) is 3.83. The summed E-state index contributed by atoms with van der Waals surface area (Å²) in [5.74, 6) is -6.12. The van der Waals surface area contributed by atoms with Crippen molar-refractivity contribution < 1.29 is 28.2 Å². The van der Waals surface area contributed by atoms with Gasteiger partial charge in [0, 0.05) is 6.92 Å². The lowest BCUT2D eigenvalue weighted by atomic mass is 10.2. The first kappa shape index (κ1) is 11.1. The van der Waals surface area contributed by atoms with E-state index in [1.54, 1.807) is 0 Å². The van der Waals surface area contributed by atoms with E-state index in [4.69, 9.17) is 5.11 Å². The Labute approximate surface area is 83.1 Å². The lowest BCUT2D eigenvalue weighted by molar-refractivity contribution is -0.132. The molecule has 1 rings (SSSR count). The smallest absolute Gasteiger partial charge is 0.339 e. The number of rotatable bonds is 2. The Morgan fingerprint density at radius 1 is 1.33 bits per heavy atom. The second-order valence-electron chi connectivity index (χ2n) is 2.64. The Kier molecular flexibility index (Phi) is 2.99. The molecular formula is C9H6F2O4. The number of carbonyl (C=O) groups excluding carboxylic acids is 1. The number of carboxylic acids is 1. The summed E-state index contributed by atoms with van der Waals surface area (Å²) in [4.78, 5) is 21.1.